The van der Waals surface area contributed by atoms with E-state index < -0.39 is 0 Å². The molecule has 0 saturated carbocycles. The van der Waals surface area contributed by atoms with Crippen LogP contribution in [0.4, 0.5) is 0 Å². The van der Waals surface area contributed by atoms with Gasteiger partial charge >= 0.3 is 29.2 Å². The number of rotatable bonds is 1. The summed E-state index contributed by atoms with van der Waals surface area (Å²) < 4.78 is 9.04. The number of hydrogen-bond donors (Lipinski definition) is 0. The Morgan fingerprint density at radius 3 is 2.25 bits per heavy atom. The first-order valence-corrected chi connectivity index (χ1v) is 1.45. The first-order valence-electron chi connectivity index (χ1n) is 0.911. The van der Waals surface area contributed by atoms with Crippen molar-refractivity contribution in [3.8, 4) is 0 Å². The summed E-state index contributed by atoms with van der Waals surface area (Å²) in [4.78, 5) is 0. The summed E-state index contributed by atoms with van der Waals surface area (Å²) in [7, 11) is 0.640. The fraction of sp³-hybridized carbons (Fsp3) is 1.00. The van der Waals surface area contributed by atoms with Gasteiger partial charge in [-0.2, -0.15) is 0 Å². The minimum absolute atomic E-state index is 0.111. The van der Waals surface area contributed by atoms with Crippen LogP contribution in [0, 0.1) is 0 Å². The molecule has 0 aromatic rings. The van der Waals surface area contributed by atoms with Crippen molar-refractivity contribution in [1.29, 1.82) is 0 Å². The summed E-state index contributed by atoms with van der Waals surface area (Å²) >= 11 is 4.82. The van der Waals surface area contributed by atoms with Gasteiger partial charge in [-0.05, 0) is 0 Å². The zero-order chi connectivity index (χ0) is 3.41. The van der Waals surface area contributed by atoms with Crippen LogP contribution in [0.5, 0.6) is 0 Å². The van der Waals surface area contributed by atoms with Crippen LogP contribution in [0.3, 0.4) is 0 Å². The van der Waals surface area contributed by atoms with E-state index in [-0.39, 0.29) is 5.78 Å². The Hall–Kier alpha value is 0.155. The Bertz CT molecular complexity index is 22.0. The van der Waals surface area contributed by atoms with Gasteiger partial charge in [0.15, 0.2) is 0 Å². The number of halogens is 1. The average Bonchev–Trinajstić information content (AvgIpc) is 1.37. The van der Waals surface area contributed by atoms with Gasteiger partial charge in [0, 0.05) is 0 Å². The summed E-state index contributed by atoms with van der Waals surface area (Å²) in [5.41, 5.74) is 0. The third-order valence-electron chi connectivity index (χ3n) is 0.0630. The molecule has 3 heteroatoms. The Balaban J connectivity index is 2.30. The molecule has 0 bridgehead atoms. The Morgan fingerprint density at radius 1 is 2.00 bits per heavy atom. The predicted molar refractivity (Wildman–Crippen MR) is 17.2 cm³/mol. The van der Waals surface area contributed by atoms with Crippen molar-refractivity contribution in [2.24, 2.45) is 0 Å². The molecule has 4 heavy (non-hydrogen) atoms. The van der Waals surface area contributed by atoms with Gasteiger partial charge in [0.1, 0.15) is 0 Å². The molecule has 0 aromatic heterocycles. The van der Waals surface area contributed by atoms with Crippen LogP contribution in [0.1, 0.15) is 0 Å². The molecule has 1 nitrogen and oxygen atoms in total. The van der Waals surface area contributed by atoms with Gasteiger partial charge in [-0.15, -0.1) is 0 Å². The molecule has 0 N–H and O–H groups in total. The van der Waals surface area contributed by atoms with Crippen molar-refractivity contribution < 1.29 is 4.70 Å². The van der Waals surface area contributed by atoms with E-state index in [4.69, 9.17) is 16.3 Å². The molecular formula is CH2BClO. The topological polar surface area (TPSA) is 17.1 Å². The molecular weight excluding hydrogens is 74.3 g/mol. The molecule has 0 aliphatic rings. The molecule has 0 rings (SSSR count). The molecule has 0 fully saturated rings. The second kappa shape index (κ2) is 3.15. The van der Waals surface area contributed by atoms with E-state index in [0.29, 0.717) is 7.15 Å². The minimum atomic E-state index is 0.111. The van der Waals surface area contributed by atoms with Gasteiger partial charge in [-0.25, -0.2) is 0 Å². The van der Waals surface area contributed by atoms with E-state index in [1.165, 1.54) is 0 Å². The maximum absolute atomic E-state index is 9.04. The maximum atomic E-state index is 9.04. The van der Waals surface area contributed by atoms with Crippen molar-refractivity contribution >= 4 is 18.8 Å². The molecule has 0 aliphatic heterocycles. The third-order valence-corrected chi connectivity index (χ3v) is 0.189. The van der Waals surface area contributed by atoms with Crippen LogP contribution in [0.25, 0.3) is 0 Å². The first kappa shape index (κ1) is 4.15. The number of alkyl halides is 1. The second-order valence-corrected chi connectivity index (χ2v) is 0.630. The summed E-state index contributed by atoms with van der Waals surface area (Å²) in [6, 6.07) is 0. The van der Waals surface area contributed by atoms with Crippen molar-refractivity contribution in [3.05, 3.63) is 0 Å². The Morgan fingerprint density at radius 2 is 2.25 bits per heavy atom. The van der Waals surface area contributed by atoms with Gasteiger partial charge in [0.2, 0.25) is 0 Å². The fourth-order valence-electron chi connectivity index (χ4n) is 0. The molecule has 0 aromatic carbocycles. The summed E-state index contributed by atoms with van der Waals surface area (Å²) in [5, 5.41) is 0. The van der Waals surface area contributed by atoms with Crippen LogP contribution < -0.4 is 0 Å². The predicted octanol–water partition coefficient (Wildman–Crippen LogP) is 0.232. The van der Waals surface area contributed by atoms with Crippen LogP contribution in [-0.2, 0) is 4.70 Å². The van der Waals surface area contributed by atoms with E-state index in [1.54, 1.807) is 0 Å². The molecule has 0 atom stereocenters. The van der Waals surface area contributed by atoms with Crippen molar-refractivity contribution in [2.45, 2.75) is 0 Å². The zero-order valence-corrected chi connectivity index (χ0v) is 2.83. The van der Waals surface area contributed by atoms with Gasteiger partial charge in [-0.1, -0.05) is 0 Å². The van der Waals surface area contributed by atoms with Gasteiger partial charge < -0.3 is 0 Å². The van der Waals surface area contributed by atoms with Crippen LogP contribution in [0.2, 0.25) is 0 Å². The average molecular weight is 76.3 g/mol. The van der Waals surface area contributed by atoms with Crippen molar-refractivity contribution in [3.63, 3.8) is 0 Å². The van der Waals surface area contributed by atoms with E-state index in [1.807, 2.05) is 0 Å². The van der Waals surface area contributed by atoms with E-state index in [2.05, 4.69) is 0 Å². The van der Waals surface area contributed by atoms with Gasteiger partial charge in [0.25, 0.3) is 0 Å². The molecule has 0 amide bonds. The Labute approximate surface area is 30.2 Å². The first-order chi connectivity index (χ1) is 1.91. The van der Waals surface area contributed by atoms with E-state index >= 15 is 0 Å². The molecule has 22 valence electrons. The van der Waals surface area contributed by atoms with Gasteiger partial charge in [0.05, 0.1) is 0 Å². The summed E-state index contributed by atoms with van der Waals surface area (Å²) in [6.45, 7) is 0. The normalized spacial score (nSPS) is 5.25. The summed E-state index contributed by atoms with van der Waals surface area (Å²) in [6.07, 6.45) is 0. The van der Waals surface area contributed by atoms with Crippen LogP contribution in [0.15, 0.2) is 0 Å². The Kier molecular flexibility index (Phi) is 3.28. The van der Waals surface area contributed by atoms with Crippen molar-refractivity contribution in [2.75, 3.05) is 5.78 Å². The third kappa shape index (κ3) is 2.15. The SMILES string of the molecule is O=BCCl. The number of hydrogen-bond acceptors (Lipinski definition) is 1. The quantitative estimate of drug-likeness (QED) is 0.323. The zero-order valence-electron chi connectivity index (χ0n) is 2.07. The van der Waals surface area contributed by atoms with E-state index in [9.17, 15) is 0 Å². The van der Waals surface area contributed by atoms with E-state index in [0.717, 1.165) is 0 Å². The van der Waals surface area contributed by atoms with Gasteiger partial charge in [-0.3, -0.25) is 0 Å². The molecule has 0 spiro atoms. The van der Waals surface area contributed by atoms with Crippen molar-refractivity contribution in [1.82, 2.24) is 0 Å². The molecule has 0 saturated heterocycles. The molecule has 0 aliphatic carbocycles. The summed E-state index contributed by atoms with van der Waals surface area (Å²) in [5.74, 6) is 0.111. The molecule has 0 radical (unpaired) electrons. The fourth-order valence-corrected chi connectivity index (χ4v) is 0. The molecule has 0 unspecified atom stereocenters. The second-order valence-electron chi connectivity index (χ2n) is 0.321. The standard InChI is InChI=1S/CH2BClO/c3-1-2-4/h1H2. The molecule has 0 heterocycles. The van der Waals surface area contributed by atoms with Crippen LogP contribution in [-0.4, -0.2) is 12.9 Å². The van der Waals surface area contributed by atoms with Crippen LogP contribution >= 0.6 is 11.6 Å². The monoisotopic (exact) mass is 76.0 g/mol.